The first-order valence-corrected chi connectivity index (χ1v) is 7.07. The minimum Gasteiger partial charge on any atom is -0.390 e. The van der Waals surface area contributed by atoms with Gasteiger partial charge in [-0.15, -0.1) is 0 Å². The van der Waals surface area contributed by atoms with Gasteiger partial charge in [-0.25, -0.2) is 0 Å². The molecule has 1 aromatic rings. The molecule has 1 saturated carbocycles. The van der Waals surface area contributed by atoms with Gasteiger partial charge in [0.1, 0.15) is 0 Å². The highest BCUT2D eigenvalue weighted by Gasteiger charge is 2.21. The Morgan fingerprint density at radius 3 is 2.74 bits per heavy atom. The molecule has 1 aliphatic carbocycles. The summed E-state index contributed by atoms with van der Waals surface area (Å²) < 4.78 is 0. The van der Waals surface area contributed by atoms with E-state index < -0.39 is 0 Å². The fourth-order valence-electron chi connectivity index (χ4n) is 2.69. The zero-order chi connectivity index (χ0) is 13.7. The number of aliphatic hydroxyl groups is 1. The minimum atomic E-state index is -0.0968. The van der Waals surface area contributed by atoms with E-state index in [-0.39, 0.29) is 18.6 Å². The molecule has 2 rings (SSSR count). The number of pyridine rings is 1. The molecule has 0 bridgehead atoms. The Hall–Kier alpha value is -1.42. The van der Waals surface area contributed by atoms with Crippen LogP contribution in [0.3, 0.4) is 0 Å². The highest BCUT2D eigenvalue weighted by atomic mass is 16.3. The molecule has 0 aromatic carbocycles. The van der Waals surface area contributed by atoms with Crippen molar-refractivity contribution in [1.29, 1.82) is 0 Å². The summed E-state index contributed by atoms with van der Waals surface area (Å²) in [5.41, 5.74) is 1.14. The van der Waals surface area contributed by atoms with Crippen LogP contribution in [0.1, 0.15) is 55.1 Å². The van der Waals surface area contributed by atoms with Crippen molar-refractivity contribution in [2.75, 3.05) is 0 Å². The molecule has 1 amide bonds. The van der Waals surface area contributed by atoms with Crippen LogP contribution in [-0.4, -0.2) is 22.0 Å². The lowest BCUT2D eigenvalue weighted by molar-refractivity contribution is 0.0919. The Balaban J connectivity index is 1.91. The van der Waals surface area contributed by atoms with Crippen LogP contribution in [0.15, 0.2) is 18.3 Å². The molecule has 19 heavy (non-hydrogen) atoms. The maximum Gasteiger partial charge on any atom is 0.253 e. The maximum absolute atomic E-state index is 12.1. The molecule has 1 heterocycles. The average Bonchev–Trinajstić information content (AvgIpc) is 2.48. The number of hydrogen-bond donors (Lipinski definition) is 2. The number of carbonyl (C=O) groups excluding carboxylic acids is 1. The fraction of sp³-hybridized carbons (Fsp3) is 0.600. The summed E-state index contributed by atoms with van der Waals surface area (Å²) >= 11 is 0. The first kappa shape index (κ1) is 14.0. The predicted octanol–water partition coefficient (Wildman–Crippen LogP) is 2.27. The molecule has 4 heteroatoms. The first-order valence-electron chi connectivity index (χ1n) is 7.07. The van der Waals surface area contributed by atoms with Crippen LogP contribution in [-0.2, 0) is 6.61 Å². The molecule has 1 unspecified atom stereocenters. The molecule has 0 radical (unpaired) electrons. The SMILES string of the molecule is CC(NC(=O)c1ccc(CO)nc1)C1CCCCC1. The van der Waals surface area contributed by atoms with Gasteiger partial charge in [-0.1, -0.05) is 19.3 Å². The number of aliphatic hydroxyl groups excluding tert-OH is 1. The van der Waals surface area contributed by atoms with E-state index in [4.69, 9.17) is 5.11 Å². The number of hydrogen-bond acceptors (Lipinski definition) is 3. The van der Waals surface area contributed by atoms with Gasteiger partial charge in [0.25, 0.3) is 5.91 Å². The standard InChI is InChI=1S/C15H22N2O2/c1-11(12-5-3-2-4-6-12)17-15(19)13-7-8-14(10-18)16-9-13/h7-9,11-12,18H,2-6,10H2,1H3,(H,17,19). The van der Waals surface area contributed by atoms with Crippen molar-refractivity contribution in [3.63, 3.8) is 0 Å². The molecule has 1 aliphatic rings. The summed E-state index contributed by atoms with van der Waals surface area (Å²) in [5, 5.41) is 12.0. The number of aromatic nitrogens is 1. The zero-order valence-electron chi connectivity index (χ0n) is 11.4. The quantitative estimate of drug-likeness (QED) is 0.875. The highest BCUT2D eigenvalue weighted by Crippen LogP contribution is 2.26. The summed E-state index contributed by atoms with van der Waals surface area (Å²) in [4.78, 5) is 16.1. The van der Waals surface area contributed by atoms with Crippen LogP contribution in [0.2, 0.25) is 0 Å². The van der Waals surface area contributed by atoms with Crippen LogP contribution in [0, 0.1) is 5.92 Å². The number of amides is 1. The molecule has 0 aliphatic heterocycles. The molecule has 4 nitrogen and oxygen atoms in total. The topological polar surface area (TPSA) is 62.2 Å². The second-order valence-electron chi connectivity index (χ2n) is 5.36. The third kappa shape index (κ3) is 3.77. The van der Waals surface area contributed by atoms with Gasteiger partial charge < -0.3 is 10.4 Å². The Bertz CT molecular complexity index is 411. The lowest BCUT2D eigenvalue weighted by atomic mass is 9.84. The van der Waals surface area contributed by atoms with E-state index >= 15 is 0 Å². The van der Waals surface area contributed by atoms with Crippen LogP contribution < -0.4 is 5.32 Å². The monoisotopic (exact) mass is 262 g/mol. The lowest BCUT2D eigenvalue weighted by Gasteiger charge is -2.28. The Morgan fingerprint density at radius 1 is 1.42 bits per heavy atom. The van der Waals surface area contributed by atoms with E-state index in [1.165, 1.54) is 38.3 Å². The fourth-order valence-corrected chi connectivity index (χ4v) is 2.69. The Kier molecular flexibility index (Phi) is 4.91. The lowest BCUT2D eigenvalue weighted by Crippen LogP contribution is -2.38. The number of nitrogens with one attached hydrogen (secondary N) is 1. The average molecular weight is 262 g/mol. The predicted molar refractivity (Wildman–Crippen MR) is 73.7 cm³/mol. The van der Waals surface area contributed by atoms with Crippen molar-refractivity contribution in [3.05, 3.63) is 29.6 Å². The summed E-state index contributed by atoms with van der Waals surface area (Å²) in [5.74, 6) is 0.525. The summed E-state index contributed by atoms with van der Waals surface area (Å²) in [7, 11) is 0. The van der Waals surface area contributed by atoms with E-state index in [1.54, 1.807) is 12.1 Å². The van der Waals surface area contributed by atoms with Crippen molar-refractivity contribution in [1.82, 2.24) is 10.3 Å². The second kappa shape index (κ2) is 6.66. The van der Waals surface area contributed by atoms with Crippen LogP contribution in [0.4, 0.5) is 0 Å². The largest absolute Gasteiger partial charge is 0.390 e. The van der Waals surface area contributed by atoms with Gasteiger partial charge in [-0.05, 0) is 37.8 Å². The Morgan fingerprint density at radius 2 is 2.16 bits per heavy atom. The van der Waals surface area contributed by atoms with Gasteiger partial charge in [0, 0.05) is 12.2 Å². The van der Waals surface area contributed by atoms with Gasteiger partial charge in [-0.3, -0.25) is 9.78 Å². The van der Waals surface area contributed by atoms with E-state index in [0.717, 1.165) is 0 Å². The van der Waals surface area contributed by atoms with Crippen molar-refractivity contribution < 1.29 is 9.90 Å². The van der Waals surface area contributed by atoms with E-state index in [0.29, 0.717) is 17.2 Å². The molecular weight excluding hydrogens is 240 g/mol. The van der Waals surface area contributed by atoms with Gasteiger partial charge in [-0.2, -0.15) is 0 Å². The van der Waals surface area contributed by atoms with Crippen molar-refractivity contribution in [2.45, 2.75) is 51.7 Å². The van der Waals surface area contributed by atoms with E-state index in [1.807, 2.05) is 0 Å². The molecule has 2 N–H and O–H groups in total. The summed E-state index contributed by atoms with van der Waals surface area (Å²) in [6.45, 7) is 1.99. The van der Waals surface area contributed by atoms with Crippen molar-refractivity contribution in [3.8, 4) is 0 Å². The molecule has 0 spiro atoms. The normalized spacial score (nSPS) is 18.0. The summed E-state index contributed by atoms with van der Waals surface area (Å²) in [6.07, 6.45) is 7.82. The van der Waals surface area contributed by atoms with E-state index in [2.05, 4.69) is 17.2 Å². The Labute approximate surface area is 114 Å². The van der Waals surface area contributed by atoms with Crippen LogP contribution in [0.25, 0.3) is 0 Å². The number of nitrogens with zero attached hydrogens (tertiary/aromatic N) is 1. The molecule has 1 atom stereocenters. The van der Waals surface area contributed by atoms with Crippen molar-refractivity contribution in [2.24, 2.45) is 5.92 Å². The number of carbonyl (C=O) groups is 1. The number of rotatable bonds is 4. The second-order valence-corrected chi connectivity index (χ2v) is 5.36. The van der Waals surface area contributed by atoms with Gasteiger partial charge in [0.2, 0.25) is 0 Å². The maximum atomic E-state index is 12.1. The third-order valence-corrected chi connectivity index (χ3v) is 3.96. The summed E-state index contributed by atoms with van der Waals surface area (Å²) in [6, 6.07) is 3.60. The van der Waals surface area contributed by atoms with Crippen LogP contribution >= 0.6 is 0 Å². The van der Waals surface area contributed by atoms with Crippen molar-refractivity contribution >= 4 is 5.91 Å². The molecular formula is C15H22N2O2. The highest BCUT2D eigenvalue weighted by molar-refractivity contribution is 5.94. The molecule has 1 fully saturated rings. The smallest absolute Gasteiger partial charge is 0.253 e. The van der Waals surface area contributed by atoms with Gasteiger partial charge in [0.15, 0.2) is 0 Å². The molecule has 0 saturated heterocycles. The molecule has 1 aromatic heterocycles. The van der Waals surface area contributed by atoms with E-state index in [9.17, 15) is 4.79 Å². The minimum absolute atomic E-state index is 0.0740. The molecule has 104 valence electrons. The zero-order valence-corrected chi connectivity index (χ0v) is 11.4. The third-order valence-electron chi connectivity index (χ3n) is 3.96. The van der Waals surface area contributed by atoms with Crippen LogP contribution in [0.5, 0.6) is 0 Å². The first-order chi connectivity index (χ1) is 9.20. The van der Waals surface area contributed by atoms with Gasteiger partial charge >= 0.3 is 0 Å². The van der Waals surface area contributed by atoms with Gasteiger partial charge in [0.05, 0.1) is 17.9 Å².